The van der Waals surface area contributed by atoms with Crippen molar-refractivity contribution in [1.82, 2.24) is 5.32 Å². The molecule has 7 heteroatoms. The van der Waals surface area contributed by atoms with Crippen LogP contribution in [0.1, 0.15) is 24.9 Å². The molecule has 1 aliphatic heterocycles. The summed E-state index contributed by atoms with van der Waals surface area (Å²) < 4.78 is 16.0. The number of amides is 1. The van der Waals surface area contributed by atoms with Gasteiger partial charge in [-0.3, -0.25) is 4.79 Å². The second-order valence-corrected chi connectivity index (χ2v) is 4.93. The van der Waals surface area contributed by atoms with Gasteiger partial charge < -0.3 is 25.3 Å². The van der Waals surface area contributed by atoms with Crippen LogP contribution in [0, 0.1) is 0 Å². The number of halogens is 1. The first kappa shape index (κ1) is 18.5. The largest absolute Gasteiger partial charge is 0.486 e. The number of hydrogen-bond donors (Lipinski definition) is 2. The van der Waals surface area contributed by atoms with Crippen LogP contribution in [0.25, 0.3) is 0 Å². The highest BCUT2D eigenvalue weighted by Crippen LogP contribution is 2.33. The molecule has 124 valence electrons. The molecule has 0 fully saturated rings. The molecule has 1 amide bonds. The zero-order valence-electron chi connectivity index (χ0n) is 12.8. The molecule has 3 N–H and O–H groups in total. The highest BCUT2D eigenvalue weighted by Gasteiger charge is 2.20. The predicted octanol–water partition coefficient (Wildman–Crippen LogP) is 1.42. The van der Waals surface area contributed by atoms with Crippen LogP contribution in [0.5, 0.6) is 11.5 Å². The Bertz CT molecular complexity index is 498. The Morgan fingerprint density at radius 2 is 2.05 bits per heavy atom. The van der Waals surface area contributed by atoms with E-state index in [2.05, 4.69) is 5.32 Å². The van der Waals surface area contributed by atoms with Gasteiger partial charge in [0, 0.05) is 7.11 Å². The van der Waals surface area contributed by atoms with Crippen LogP contribution in [-0.2, 0) is 9.53 Å². The van der Waals surface area contributed by atoms with Gasteiger partial charge in [0.15, 0.2) is 11.5 Å². The lowest BCUT2D eigenvalue weighted by Crippen LogP contribution is -2.44. The molecule has 0 aromatic heterocycles. The van der Waals surface area contributed by atoms with Gasteiger partial charge in [0.05, 0.1) is 12.6 Å². The van der Waals surface area contributed by atoms with Gasteiger partial charge in [-0.05, 0) is 24.1 Å². The fourth-order valence-corrected chi connectivity index (χ4v) is 2.23. The summed E-state index contributed by atoms with van der Waals surface area (Å²) in [5, 5.41) is 2.93. The average Bonchev–Trinajstić information content (AvgIpc) is 2.52. The molecular weight excluding hydrogens is 308 g/mol. The second kappa shape index (κ2) is 8.82. The summed E-state index contributed by atoms with van der Waals surface area (Å²) >= 11 is 0. The van der Waals surface area contributed by atoms with Gasteiger partial charge in [-0.15, -0.1) is 12.4 Å². The quantitative estimate of drug-likeness (QED) is 0.824. The van der Waals surface area contributed by atoms with Crippen LogP contribution in [0.2, 0.25) is 0 Å². The molecule has 0 radical (unpaired) electrons. The summed E-state index contributed by atoms with van der Waals surface area (Å²) in [5.74, 6) is 1.23. The molecule has 6 nitrogen and oxygen atoms in total. The number of nitrogens with two attached hydrogens (primary N) is 1. The third-order valence-corrected chi connectivity index (χ3v) is 3.38. The van der Waals surface area contributed by atoms with Crippen LogP contribution in [0.3, 0.4) is 0 Å². The van der Waals surface area contributed by atoms with Gasteiger partial charge >= 0.3 is 0 Å². The Labute approximate surface area is 136 Å². The first-order valence-electron chi connectivity index (χ1n) is 7.10. The minimum Gasteiger partial charge on any atom is -0.486 e. The standard InChI is InChI=1S/C15H22N2O4.ClH/c1-3-12(17-15(18)11(16)9-19-2)10-4-5-13-14(8-10)21-7-6-20-13;/h4-5,8,11-12H,3,6-7,9,16H2,1-2H3,(H,17,18);1H. The van der Waals surface area contributed by atoms with E-state index < -0.39 is 6.04 Å². The van der Waals surface area contributed by atoms with Crippen molar-refractivity contribution in [2.24, 2.45) is 5.73 Å². The third kappa shape index (κ3) is 4.50. The van der Waals surface area contributed by atoms with E-state index in [1.54, 1.807) is 0 Å². The number of methoxy groups -OCH3 is 1. The maximum absolute atomic E-state index is 12.0. The van der Waals surface area contributed by atoms with Crippen LogP contribution >= 0.6 is 12.4 Å². The lowest BCUT2D eigenvalue weighted by Gasteiger charge is -2.23. The van der Waals surface area contributed by atoms with Crippen LogP contribution in [0.4, 0.5) is 0 Å². The second-order valence-electron chi connectivity index (χ2n) is 4.93. The number of ether oxygens (including phenoxy) is 3. The van der Waals surface area contributed by atoms with E-state index in [4.69, 9.17) is 19.9 Å². The number of nitrogens with one attached hydrogen (secondary N) is 1. The number of rotatable bonds is 6. The van der Waals surface area contributed by atoms with Gasteiger partial charge in [0.25, 0.3) is 0 Å². The zero-order valence-corrected chi connectivity index (χ0v) is 13.7. The Morgan fingerprint density at radius 3 is 2.68 bits per heavy atom. The molecule has 1 aliphatic rings. The molecule has 0 bridgehead atoms. The van der Waals surface area contributed by atoms with Gasteiger partial charge in [-0.25, -0.2) is 0 Å². The Kier molecular flexibility index (Phi) is 7.44. The number of hydrogen-bond acceptors (Lipinski definition) is 5. The lowest BCUT2D eigenvalue weighted by molar-refractivity contribution is -0.124. The molecule has 1 heterocycles. The normalized spacial score (nSPS) is 15.4. The molecule has 1 aromatic rings. The van der Waals surface area contributed by atoms with Crippen LogP contribution in [-0.4, -0.2) is 38.9 Å². The summed E-state index contributed by atoms with van der Waals surface area (Å²) in [5.41, 5.74) is 6.71. The third-order valence-electron chi connectivity index (χ3n) is 3.38. The topological polar surface area (TPSA) is 82.8 Å². The molecule has 0 spiro atoms. The number of fused-ring (bicyclic) bond motifs is 1. The van der Waals surface area contributed by atoms with E-state index in [0.717, 1.165) is 17.7 Å². The zero-order chi connectivity index (χ0) is 15.2. The van der Waals surface area contributed by atoms with Crippen LogP contribution < -0.4 is 20.5 Å². The van der Waals surface area contributed by atoms with Gasteiger partial charge in [-0.1, -0.05) is 13.0 Å². The highest BCUT2D eigenvalue weighted by molar-refractivity contribution is 5.85. The minimum absolute atomic E-state index is 0. The summed E-state index contributed by atoms with van der Waals surface area (Å²) in [4.78, 5) is 12.0. The maximum atomic E-state index is 12.0. The van der Waals surface area contributed by atoms with E-state index in [9.17, 15) is 4.79 Å². The first-order valence-corrected chi connectivity index (χ1v) is 7.10. The molecule has 2 atom stereocenters. The van der Waals surface area contributed by atoms with Crippen molar-refractivity contribution in [3.63, 3.8) is 0 Å². The smallest absolute Gasteiger partial charge is 0.239 e. The van der Waals surface area contributed by atoms with Crippen molar-refractivity contribution in [3.8, 4) is 11.5 Å². The highest BCUT2D eigenvalue weighted by atomic mass is 35.5. The number of carbonyl (C=O) groups excluding carboxylic acids is 1. The number of carbonyl (C=O) groups is 1. The van der Waals surface area contributed by atoms with Crippen molar-refractivity contribution in [2.75, 3.05) is 26.9 Å². The maximum Gasteiger partial charge on any atom is 0.239 e. The SMILES string of the molecule is CCC(NC(=O)C(N)COC)c1ccc2c(c1)OCCO2.Cl. The minimum atomic E-state index is -0.665. The summed E-state index contributed by atoms with van der Waals surface area (Å²) in [7, 11) is 1.52. The van der Waals surface area contributed by atoms with E-state index in [1.165, 1.54) is 7.11 Å². The van der Waals surface area contributed by atoms with Gasteiger partial charge in [0.2, 0.25) is 5.91 Å². The van der Waals surface area contributed by atoms with E-state index in [-0.39, 0.29) is 31.0 Å². The predicted molar refractivity (Wildman–Crippen MR) is 85.7 cm³/mol. The van der Waals surface area contributed by atoms with Gasteiger partial charge in [0.1, 0.15) is 19.3 Å². The molecule has 2 rings (SSSR count). The Balaban J connectivity index is 0.00000242. The monoisotopic (exact) mass is 330 g/mol. The molecular formula is C15H23ClN2O4. The molecule has 1 aromatic carbocycles. The average molecular weight is 331 g/mol. The molecule has 0 saturated carbocycles. The fourth-order valence-electron chi connectivity index (χ4n) is 2.23. The van der Waals surface area contributed by atoms with E-state index in [0.29, 0.717) is 19.0 Å². The summed E-state index contributed by atoms with van der Waals surface area (Å²) in [6.45, 7) is 3.30. The fraction of sp³-hybridized carbons (Fsp3) is 0.533. The van der Waals surface area contributed by atoms with Crippen molar-refractivity contribution in [3.05, 3.63) is 23.8 Å². The molecule has 0 aliphatic carbocycles. The Morgan fingerprint density at radius 1 is 1.36 bits per heavy atom. The molecule has 0 saturated heterocycles. The Hall–Kier alpha value is -1.50. The van der Waals surface area contributed by atoms with E-state index >= 15 is 0 Å². The van der Waals surface area contributed by atoms with E-state index in [1.807, 2.05) is 25.1 Å². The first-order chi connectivity index (χ1) is 10.2. The molecule has 2 unspecified atom stereocenters. The number of benzene rings is 1. The van der Waals surface area contributed by atoms with Crippen LogP contribution in [0.15, 0.2) is 18.2 Å². The van der Waals surface area contributed by atoms with Gasteiger partial charge in [-0.2, -0.15) is 0 Å². The van der Waals surface area contributed by atoms with Crippen molar-refractivity contribution in [2.45, 2.75) is 25.4 Å². The van der Waals surface area contributed by atoms with Crippen molar-refractivity contribution < 1.29 is 19.0 Å². The lowest BCUT2D eigenvalue weighted by atomic mass is 10.0. The van der Waals surface area contributed by atoms with Crippen molar-refractivity contribution >= 4 is 18.3 Å². The summed E-state index contributed by atoms with van der Waals surface area (Å²) in [6, 6.07) is 4.93. The molecule has 22 heavy (non-hydrogen) atoms. The van der Waals surface area contributed by atoms with Crippen molar-refractivity contribution in [1.29, 1.82) is 0 Å². The summed E-state index contributed by atoms with van der Waals surface area (Å²) in [6.07, 6.45) is 0.755.